The molecule has 1 amide bonds. The fourth-order valence-corrected chi connectivity index (χ4v) is 4.41. The van der Waals surface area contributed by atoms with Crippen molar-refractivity contribution in [1.29, 1.82) is 0 Å². The number of carbonyl (C=O) groups is 1. The van der Waals surface area contributed by atoms with E-state index in [0.717, 1.165) is 0 Å². The molecule has 1 fully saturated rings. The molecule has 0 spiro atoms. The summed E-state index contributed by atoms with van der Waals surface area (Å²) in [6, 6.07) is 6.67. The van der Waals surface area contributed by atoms with Crippen LogP contribution in [0.25, 0.3) is 5.69 Å². The maximum atomic E-state index is 12.3. The molecule has 0 unspecified atom stereocenters. The lowest BCUT2D eigenvalue weighted by Crippen LogP contribution is -2.36. The van der Waals surface area contributed by atoms with Crippen molar-refractivity contribution in [2.45, 2.75) is 19.4 Å². The van der Waals surface area contributed by atoms with Crippen molar-refractivity contribution < 1.29 is 13.2 Å². The number of nitrogens with zero attached hydrogens (tertiary/aromatic N) is 3. The second kappa shape index (κ2) is 5.93. The van der Waals surface area contributed by atoms with Gasteiger partial charge >= 0.3 is 0 Å². The summed E-state index contributed by atoms with van der Waals surface area (Å²) >= 11 is 5.96. The topological polar surface area (TPSA) is 93.9 Å². The van der Waals surface area contributed by atoms with E-state index in [0.29, 0.717) is 22.8 Å². The number of aromatic nitrogens is 3. The molecule has 1 saturated heterocycles. The number of nitrogens with one attached hydrogen (secondary N) is 1. The smallest absolute Gasteiger partial charge is 0.274 e. The number of carbonyl (C=O) groups excluding carboxylic acids is 1. The van der Waals surface area contributed by atoms with Gasteiger partial charge in [-0.2, -0.15) is 0 Å². The van der Waals surface area contributed by atoms with Gasteiger partial charge in [-0.1, -0.05) is 22.9 Å². The molecule has 0 aliphatic carbocycles. The summed E-state index contributed by atoms with van der Waals surface area (Å²) in [5.41, 5.74) is 1.44. The van der Waals surface area contributed by atoms with Crippen molar-refractivity contribution >= 4 is 27.3 Å². The predicted octanol–water partition coefficient (Wildman–Crippen LogP) is 1.15. The third-order valence-corrected chi connectivity index (χ3v) is 5.73. The number of sulfone groups is 1. The highest BCUT2D eigenvalue weighted by atomic mass is 35.5. The van der Waals surface area contributed by atoms with Crippen LogP contribution in [0.3, 0.4) is 0 Å². The molecule has 9 heteroatoms. The van der Waals surface area contributed by atoms with Gasteiger partial charge in [-0.25, -0.2) is 13.1 Å². The van der Waals surface area contributed by atoms with E-state index < -0.39 is 15.7 Å². The number of benzene rings is 1. The second-order valence-electron chi connectivity index (χ2n) is 5.49. The minimum absolute atomic E-state index is 0.0276. The van der Waals surface area contributed by atoms with Crippen LogP contribution in [0.1, 0.15) is 22.6 Å². The molecule has 23 heavy (non-hydrogen) atoms. The molecule has 1 aromatic carbocycles. The van der Waals surface area contributed by atoms with Gasteiger partial charge in [0.1, 0.15) is 0 Å². The third kappa shape index (κ3) is 3.37. The largest absolute Gasteiger partial charge is 0.347 e. The minimum Gasteiger partial charge on any atom is -0.347 e. The van der Waals surface area contributed by atoms with E-state index in [1.165, 1.54) is 4.68 Å². The number of hydrogen-bond acceptors (Lipinski definition) is 5. The normalized spacial score (nSPS) is 19.7. The molecule has 122 valence electrons. The Bertz CT molecular complexity index is 863. The van der Waals surface area contributed by atoms with Gasteiger partial charge in [0, 0.05) is 11.1 Å². The first-order chi connectivity index (χ1) is 10.9. The molecule has 0 radical (unpaired) electrons. The molecule has 2 aromatic rings. The molecule has 1 aromatic heterocycles. The van der Waals surface area contributed by atoms with Gasteiger partial charge in [0.25, 0.3) is 5.91 Å². The standard InChI is InChI=1S/C14H15ClN4O3S/c1-9-13(14(20)16-11-5-6-23(21,22)8-11)17-18-19(9)12-4-2-3-10(15)7-12/h2-4,7,11H,5-6,8H2,1H3,(H,16,20)/t11-/m0/s1. The Balaban J connectivity index is 1.80. The van der Waals surface area contributed by atoms with Crippen LogP contribution >= 0.6 is 11.6 Å². The molecule has 7 nitrogen and oxygen atoms in total. The quantitative estimate of drug-likeness (QED) is 0.892. The molecular formula is C14H15ClN4O3S. The monoisotopic (exact) mass is 354 g/mol. The van der Waals surface area contributed by atoms with E-state index in [1.807, 2.05) is 0 Å². The van der Waals surface area contributed by atoms with Gasteiger partial charge in [0.15, 0.2) is 15.5 Å². The van der Waals surface area contributed by atoms with Gasteiger partial charge in [0.2, 0.25) is 0 Å². The van der Waals surface area contributed by atoms with Crippen molar-refractivity contribution in [3.8, 4) is 5.69 Å². The Morgan fingerprint density at radius 2 is 2.22 bits per heavy atom. The van der Waals surface area contributed by atoms with E-state index in [9.17, 15) is 13.2 Å². The van der Waals surface area contributed by atoms with Gasteiger partial charge in [-0.15, -0.1) is 5.10 Å². The highest BCUT2D eigenvalue weighted by molar-refractivity contribution is 7.91. The van der Waals surface area contributed by atoms with Gasteiger partial charge in [-0.05, 0) is 31.5 Å². The van der Waals surface area contributed by atoms with Crippen LogP contribution in [-0.2, 0) is 9.84 Å². The highest BCUT2D eigenvalue weighted by Crippen LogP contribution is 2.17. The number of hydrogen-bond donors (Lipinski definition) is 1. The zero-order valence-corrected chi connectivity index (χ0v) is 13.9. The Hall–Kier alpha value is -1.93. The average molecular weight is 355 g/mol. The molecule has 0 bridgehead atoms. The second-order valence-corrected chi connectivity index (χ2v) is 8.15. The lowest BCUT2D eigenvalue weighted by Gasteiger charge is -2.09. The van der Waals surface area contributed by atoms with Gasteiger partial charge in [0.05, 0.1) is 22.9 Å². The number of halogens is 1. The van der Waals surface area contributed by atoms with Gasteiger partial charge < -0.3 is 5.32 Å². The fourth-order valence-electron chi connectivity index (χ4n) is 2.55. The van der Waals surface area contributed by atoms with E-state index in [1.54, 1.807) is 31.2 Å². The molecule has 1 N–H and O–H groups in total. The summed E-state index contributed by atoms with van der Waals surface area (Å²) in [5, 5.41) is 11.2. The number of amides is 1. The number of rotatable bonds is 3. The zero-order chi connectivity index (χ0) is 16.6. The maximum Gasteiger partial charge on any atom is 0.274 e. The first kappa shape index (κ1) is 15.9. The Morgan fingerprint density at radius 3 is 2.87 bits per heavy atom. The summed E-state index contributed by atoms with van der Waals surface area (Å²) < 4.78 is 24.4. The summed E-state index contributed by atoms with van der Waals surface area (Å²) in [7, 11) is -3.05. The van der Waals surface area contributed by atoms with E-state index in [4.69, 9.17) is 11.6 Å². The molecule has 2 heterocycles. The van der Waals surface area contributed by atoms with Crippen molar-refractivity contribution in [2.75, 3.05) is 11.5 Å². The summed E-state index contributed by atoms with van der Waals surface area (Å²) in [6.45, 7) is 1.72. The summed E-state index contributed by atoms with van der Waals surface area (Å²) in [4.78, 5) is 12.3. The third-order valence-electron chi connectivity index (χ3n) is 3.73. The molecule has 1 aliphatic heterocycles. The Morgan fingerprint density at radius 1 is 1.43 bits per heavy atom. The Kier molecular flexibility index (Phi) is 4.11. The average Bonchev–Trinajstić information content (AvgIpc) is 3.01. The Labute approximate surface area is 138 Å². The van der Waals surface area contributed by atoms with Gasteiger partial charge in [-0.3, -0.25) is 4.79 Å². The molecule has 1 aliphatic rings. The first-order valence-corrected chi connectivity index (χ1v) is 9.25. The van der Waals surface area contributed by atoms with Crippen molar-refractivity contribution in [2.24, 2.45) is 0 Å². The van der Waals surface area contributed by atoms with Crippen molar-refractivity contribution in [1.82, 2.24) is 20.3 Å². The maximum absolute atomic E-state index is 12.3. The lowest BCUT2D eigenvalue weighted by atomic mass is 10.2. The highest BCUT2D eigenvalue weighted by Gasteiger charge is 2.30. The van der Waals surface area contributed by atoms with Crippen LogP contribution < -0.4 is 5.32 Å². The van der Waals surface area contributed by atoms with Crippen LogP contribution in [0.15, 0.2) is 24.3 Å². The van der Waals surface area contributed by atoms with E-state index >= 15 is 0 Å². The molecular weight excluding hydrogens is 340 g/mol. The predicted molar refractivity (Wildman–Crippen MR) is 85.6 cm³/mol. The molecule has 1 atom stereocenters. The van der Waals surface area contributed by atoms with Crippen LogP contribution in [0.5, 0.6) is 0 Å². The van der Waals surface area contributed by atoms with Crippen LogP contribution in [-0.4, -0.2) is 46.9 Å². The lowest BCUT2D eigenvalue weighted by molar-refractivity contribution is 0.0935. The zero-order valence-electron chi connectivity index (χ0n) is 12.4. The first-order valence-electron chi connectivity index (χ1n) is 7.05. The van der Waals surface area contributed by atoms with E-state index in [2.05, 4.69) is 15.6 Å². The van der Waals surface area contributed by atoms with Crippen LogP contribution in [0, 0.1) is 6.92 Å². The van der Waals surface area contributed by atoms with Crippen molar-refractivity contribution in [3.63, 3.8) is 0 Å². The van der Waals surface area contributed by atoms with Crippen molar-refractivity contribution in [3.05, 3.63) is 40.7 Å². The summed E-state index contributed by atoms with van der Waals surface area (Å²) in [5.74, 6) is -0.343. The summed E-state index contributed by atoms with van der Waals surface area (Å²) in [6.07, 6.45) is 0.426. The van der Waals surface area contributed by atoms with Crippen LogP contribution in [0.2, 0.25) is 5.02 Å². The molecule has 0 saturated carbocycles. The minimum atomic E-state index is -3.05. The molecule has 3 rings (SSSR count). The SMILES string of the molecule is Cc1c(C(=O)N[C@H]2CCS(=O)(=O)C2)nnn1-c1cccc(Cl)c1. The van der Waals surface area contributed by atoms with Crippen LogP contribution in [0.4, 0.5) is 0 Å². The van der Waals surface area contributed by atoms with E-state index in [-0.39, 0.29) is 23.2 Å². The fraction of sp³-hybridized carbons (Fsp3) is 0.357.